The molecular formula is C14H19N5O4. The third-order valence-electron chi connectivity index (χ3n) is 5.55. The summed E-state index contributed by atoms with van der Waals surface area (Å²) in [7, 11) is 1.73. The number of aromatic nitrogens is 4. The van der Waals surface area contributed by atoms with Crippen LogP contribution in [0.1, 0.15) is 20.1 Å². The quantitative estimate of drug-likeness (QED) is 0.582. The highest BCUT2D eigenvalue weighted by molar-refractivity contribution is 5.82. The second-order valence-electron chi connectivity index (χ2n) is 6.61. The Morgan fingerprint density at radius 2 is 2.00 bits per heavy atom. The second kappa shape index (κ2) is 4.18. The Morgan fingerprint density at radius 3 is 2.61 bits per heavy atom. The number of aliphatic hydroxyl groups is 3. The van der Waals surface area contributed by atoms with Gasteiger partial charge in [0.25, 0.3) is 0 Å². The van der Waals surface area contributed by atoms with Gasteiger partial charge in [-0.15, -0.1) is 0 Å². The summed E-state index contributed by atoms with van der Waals surface area (Å²) < 4.78 is 7.31. The van der Waals surface area contributed by atoms with E-state index in [0.29, 0.717) is 17.0 Å². The summed E-state index contributed by atoms with van der Waals surface area (Å²) in [6.07, 6.45) is 1.11. The largest absolute Gasteiger partial charge is 0.394 e. The van der Waals surface area contributed by atoms with Crippen LogP contribution in [0.3, 0.4) is 0 Å². The first-order valence-electron chi connectivity index (χ1n) is 7.41. The zero-order chi connectivity index (χ0) is 16.6. The van der Waals surface area contributed by atoms with Crippen molar-refractivity contribution in [1.82, 2.24) is 19.5 Å². The molecule has 2 aliphatic rings. The summed E-state index contributed by atoms with van der Waals surface area (Å²) in [5.74, 6) is 0.558. The zero-order valence-electron chi connectivity index (χ0n) is 13.1. The van der Waals surface area contributed by atoms with Gasteiger partial charge in [-0.25, -0.2) is 15.0 Å². The van der Waals surface area contributed by atoms with Crippen molar-refractivity contribution >= 4 is 17.0 Å². The molecule has 124 valence electrons. The summed E-state index contributed by atoms with van der Waals surface area (Å²) in [5, 5.41) is 34.4. The fraction of sp³-hybridized carbons (Fsp3) is 0.643. The Bertz CT molecular complexity index is 793. The molecule has 2 aromatic heterocycles. The first-order valence-corrected chi connectivity index (χ1v) is 7.41. The molecule has 1 aliphatic carbocycles. The van der Waals surface area contributed by atoms with Gasteiger partial charge in [-0.3, -0.25) is 4.57 Å². The Balaban J connectivity index is 1.87. The molecule has 0 spiro atoms. The van der Waals surface area contributed by atoms with E-state index in [1.165, 1.54) is 12.7 Å². The van der Waals surface area contributed by atoms with Gasteiger partial charge in [-0.1, -0.05) is 13.8 Å². The molecule has 0 aromatic carbocycles. The first kappa shape index (κ1) is 14.8. The molecule has 0 amide bonds. The Labute approximate surface area is 132 Å². The predicted octanol–water partition coefficient (Wildman–Crippen LogP) is -0.740. The summed E-state index contributed by atoms with van der Waals surface area (Å²) in [6.45, 7) is 3.11. The van der Waals surface area contributed by atoms with Gasteiger partial charge in [0.2, 0.25) is 0 Å². The van der Waals surface area contributed by atoms with E-state index in [-0.39, 0.29) is 6.61 Å². The van der Waals surface area contributed by atoms with Gasteiger partial charge < -0.3 is 25.4 Å². The van der Waals surface area contributed by atoms with Crippen LogP contribution in [-0.2, 0) is 4.74 Å². The fourth-order valence-corrected chi connectivity index (χ4v) is 4.04. The molecule has 0 radical (unpaired) electrons. The van der Waals surface area contributed by atoms with Gasteiger partial charge in [-0.2, -0.15) is 0 Å². The Hall–Kier alpha value is -1.81. The molecule has 0 unspecified atom stereocenters. The number of rotatable bonds is 3. The number of hydrogen-bond donors (Lipinski definition) is 4. The molecule has 9 nitrogen and oxygen atoms in total. The molecule has 2 aromatic rings. The number of imidazole rings is 1. The van der Waals surface area contributed by atoms with Crippen molar-refractivity contribution in [3.63, 3.8) is 0 Å². The molecule has 1 aliphatic heterocycles. The standard InChI is InChI=1S/C14H19N5O4/c1-12(2)13(21)7(4-20)23-11(14(12,13)22)19-6-18-8-9(15-3)16-5-17-10(8)19/h5-7,11,20-22H,4H2,1-3H3,(H,15,16,17)/t7-,11-,13-,14+/m1/s1. The number of anilines is 1. The van der Waals surface area contributed by atoms with Gasteiger partial charge in [0.05, 0.1) is 12.9 Å². The number of aliphatic hydroxyl groups excluding tert-OH is 1. The predicted molar refractivity (Wildman–Crippen MR) is 79.5 cm³/mol. The highest BCUT2D eigenvalue weighted by Gasteiger charge is 2.92. The van der Waals surface area contributed by atoms with E-state index in [1.54, 1.807) is 25.5 Å². The lowest BCUT2D eigenvalue weighted by atomic mass is 10.0. The summed E-state index contributed by atoms with van der Waals surface area (Å²) in [6, 6.07) is 0. The minimum atomic E-state index is -1.54. The fourth-order valence-electron chi connectivity index (χ4n) is 4.04. The van der Waals surface area contributed by atoms with Crippen LogP contribution in [0.15, 0.2) is 12.7 Å². The smallest absolute Gasteiger partial charge is 0.169 e. The topological polar surface area (TPSA) is 126 Å². The van der Waals surface area contributed by atoms with Crippen LogP contribution in [0.2, 0.25) is 0 Å². The minimum absolute atomic E-state index is 0.387. The highest BCUT2D eigenvalue weighted by atomic mass is 16.6. The van der Waals surface area contributed by atoms with Crippen molar-refractivity contribution in [2.24, 2.45) is 5.41 Å². The number of hydrogen-bond acceptors (Lipinski definition) is 8. The molecule has 23 heavy (non-hydrogen) atoms. The number of ether oxygens (including phenoxy) is 1. The van der Waals surface area contributed by atoms with Gasteiger partial charge >= 0.3 is 0 Å². The average molecular weight is 321 g/mol. The lowest BCUT2D eigenvalue weighted by molar-refractivity contribution is -0.123. The minimum Gasteiger partial charge on any atom is -0.394 e. The molecular weight excluding hydrogens is 302 g/mol. The van der Waals surface area contributed by atoms with Crippen LogP contribution in [0.4, 0.5) is 5.82 Å². The lowest BCUT2D eigenvalue weighted by Gasteiger charge is -2.26. The van der Waals surface area contributed by atoms with Crippen LogP contribution in [-0.4, -0.2) is 65.8 Å². The third-order valence-corrected chi connectivity index (χ3v) is 5.55. The van der Waals surface area contributed by atoms with Crippen molar-refractivity contribution in [3.05, 3.63) is 12.7 Å². The zero-order valence-corrected chi connectivity index (χ0v) is 13.1. The van der Waals surface area contributed by atoms with E-state index in [1.807, 2.05) is 0 Å². The normalized spacial score (nSPS) is 37.8. The van der Waals surface area contributed by atoms with E-state index in [0.717, 1.165) is 0 Å². The molecule has 1 saturated heterocycles. The molecule has 4 N–H and O–H groups in total. The molecule has 2 fully saturated rings. The van der Waals surface area contributed by atoms with Crippen LogP contribution >= 0.6 is 0 Å². The molecule has 0 bridgehead atoms. The van der Waals surface area contributed by atoms with E-state index < -0.39 is 28.9 Å². The van der Waals surface area contributed by atoms with Crippen molar-refractivity contribution in [3.8, 4) is 0 Å². The molecule has 4 rings (SSSR count). The van der Waals surface area contributed by atoms with Gasteiger partial charge in [0.15, 0.2) is 17.7 Å². The van der Waals surface area contributed by atoms with Crippen molar-refractivity contribution in [1.29, 1.82) is 0 Å². The highest BCUT2D eigenvalue weighted by Crippen LogP contribution is 2.75. The van der Waals surface area contributed by atoms with Crippen LogP contribution in [0, 0.1) is 5.41 Å². The summed E-state index contributed by atoms with van der Waals surface area (Å²) >= 11 is 0. The summed E-state index contributed by atoms with van der Waals surface area (Å²) in [4.78, 5) is 12.6. The second-order valence-corrected chi connectivity index (χ2v) is 6.61. The van der Waals surface area contributed by atoms with Gasteiger partial charge in [0, 0.05) is 12.5 Å². The molecule has 1 saturated carbocycles. The van der Waals surface area contributed by atoms with Crippen LogP contribution in [0.5, 0.6) is 0 Å². The molecule has 4 atom stereocenters. The van der Waals surface area contributed by atoms with Crippen molar-refractivity contribution in [2.75, 3.05) is 19.0 Å². The Kier molecular flexibility index (Phi) is 2.68. The van der Waals surface area contributed by atoms with Gasteiger partial charge in [-0.05, 0) is 0 Å². The maximum atomic E-state index is 11.1. The summed E-state index contributed by atoms with van der Waals surface area (Å²) in [5.41, 5.74) is -2.87. The van der Waals surface area contributed by atoms with Crippen LogP contribution in [0.25, 0.3) is 11.2 Å². The van der Waals surface area contributed by atoms with E-state index >= 15 is 0 Å². The van der Waals surface area contributed by atoms with Crippen LogP contribution < -0.4 is 5.32 Å². The average Bonchev–Trinajstić information content (AvgIpc) is 2.91. The maximum Gasteiger partial charge on any atom is 0.169 e. The van der Waals surface area contributed by atoms with E-state index in [9.17, 15) is 15.3 Å². The number of nitrogens with zero attached hydrogens (tertiary/aromatic N) is 4. The number of fused-ring (bicyclic) bond motifs is 2. The SMILES string of the molecule is CNc1ncnc2c1ncn2[C@@H]1O[C@H](CO)[C@@]2(O)C(C)(C)[C@@]12O. The molecule has 3 heterocycles. The third kappa shape index (κ3) is 1.36. The number of nitrogens with one attached hydrogen (secondary N) is 1. The van der Waals surface area contributed by atoms with Crippen molar-refractivity contribution < 1.29 is 20.1 Å². The monoisotopic (exact) mass is 321 g/mol. The maximum absolute atomic E-state index is 11.1. The van der Waals surface area contributed by atoms with Crippen molar-refractivity contribution in [2.45, 2.75) is 37.4 Å². The van der Waals surface area contributed by atoms with E-state index in [4.69, 9.17) is 4.74 Å². The first-order chi connectivity index (χ1) is 10.8. The van der Waals surface area contributed by atoms with Gasteiger partial charge in [0.1, 0.15) is 29.2 Å². The van der Waals surface area contributed by atoms with E-state index in [2.05, 4.69) is 20.3 Å². The lowest BCUT2D eigenvalue weighted by Crippen LogP contribution is -2.36. The Morgan fingerprint density at radius 1 is 1.26 bits per heavy atom. The molecule has 9 heteroatoms.